The lowest BCUT2D eigenvalue weighted by Crippen LogP contribution is -2.42. The molecule has 22 heavy (non-hydrogen) atoms. The van der Waals surface area contributed by atoms with E-state index in [0.29, 0.717) is 5.92 Å². The lowest BCUT2D eigenvalue weighted by atomic mass is 9.81. The molecule has 0 saturated carbocycles. The molecule has 2 aliphatic rings. The van der Waals surface area contributed by atoms with E-state index in [-0.39, 0.29) is 24.4 Å². The largest absolute Gasteiger partial charge is 0.348 e. The van der Waals surface area contributed by atoms with Crippen molar-refractivity contribution in [2.75, 3.05) is 6.54 Å². The summed E-state index contributed by atoms with van der Waals surface area (Å²) in [4.78, 5) is 12.2. The molecule has 1 fully saturated rings. The van der Waals surface area contributed by atoms with Crippen LogP contribution in [0.3, 0.4) is 0 Å². The first kappa shape index (κ1) is 17.2. The van der Waals surface area contributed by atoms with Crippen molar-refractivity contribution in [3.05, 3.63) is 35.4 Å². The Kier molecular flexibility index (Phi) is 5.07. The van der Waals surface area contributed by atoms with Crippen molar-refractivity contribution in [1.29, 1.82) is 0 Å². The van der Waals surface area contributed by atoms with Gasteiger partial charge in [-0.2, -0.15) is 0 Å². The number of rotatable bonds is 2. The summed E-state index contributed by atoms with van der Waals surface area (Å²) >= 11 is 0. The van der Waals surface area contributed by atoms with Crippen LogP contribution in [0.5, 0.6) is 0 Å². The van der Waals surface area contributed by atoms with Crippen molar-refractivity contribution in [3.63, 3.8) is 0 Å². The topological polar surface area (TPSA) is 41.1 Å². The number of fused-ring (bicyclic) bond motifs is 1. The number of carbonyl (C=O) groups is 1. The fourth-order valence-electron chi connectivity index (χ4n) is 3.33. The van der Waals surface area contributed by atoms with Crippen molar-refractivity contribution >= 4 is 18.3 Å². The van der Waals surface area contributed by atoms with Crippen LogP contribution in [0.25, 0.3) is 0 Å². The van der Waals surface area contributed by atoms with Gasteiger partial charge >= 0.3 is 0 Å². The molecule has 1 aromatic carbocycles. The van der Waals surface area contributed by atoms with Crippen molar-refractivity contribution in [1.82, 2.24) is 10.6 Å². The van der Waals surface area contributed by atoms with Crippen molar-refractivity contribution in [2.24, 2.45) is 0 Å². The number of nitrogens with one attached hydrogen (secondary N) is 2. The predicted octanol–water partition coefficient (Wildman–Crippen LogP) is 3.16. The molecule has 0 bridgehead atoms. The summed E-state index contributed by atoms with van der Waals surface area (Å²) in [5.41, 5.74) is 2.37. The van der Waals surface area contributed by atoms with E-state index in [0.717, 1.165) is 18.4 Å². The minimum Gasteiger partial charge on any atom is -0.348 e. The minimum atomic E-state index is -2.78. The third-order valence-corrected chi connectivity index (χ3v) is 4.53. The first-order valence-corrected chi connectivity index (χ1v) is 7.47. The third-order valence-electron chi connectivity index (χ3n) is 4.53. The number of carbonyl (C=O) groups excluding carboxylic acids is 1. The second kappa shape index (κ2) is 6.50. The first-order valence-electron chi connectivity index (χ1n) is 7.47. The van der Waals surface area contributed by atoms with E-state index in [4.69, 9.17) is 0 Å². The van der Waals surface area contributed by atoms with Gasteiger partial charge in [-0.15, -0.1) is 12.4 Å². The Morgan fingerprint density at radius 1 is 1.27 bits per heavy atom. The average Bonchev–Trinajstić information content (AvgIpc) is 2.83. The molecule has 1 aliphatic heterocycles. The monoisotopic (exact) mass is 330 g/mol. The van der Waals surface area contributed by atoms with Gasteiger partial charge in [-0.3, -0.25) is 10.1 Å². The van der Waals surface area contributed by atoms with Crippen molar-refractivity contribution < 1.29 is 13.6 Å². The molecule has 1 heterocycles. The zero-order chi connectivity index (χ0) is 15.0. The maximum absolute atomic E-state index is 13.2. The Balaban J connectivity index is 0.00000176. The molecule has 1 amide bonds. The summed E-state index contributed by atoms with van der Waals surface area (Å²) in [5, 5.41) is 5.55. The molecule has 1 aliphatic carbocycles. The molecular weight excluding hydrogens is 310 g/mol. The van der Waals surface area contributed by atoms with Gasteiger partial charge in [0.05, 0.1) is 18.6 Å². The highest BCUT2D eigenvalue weighted by atomic mass is 35.5. The molecule has 122 valence electrons. The van der Waals surface area contributed by atoms with Crippen LogP contribution in [-0.4, -0.2) is 24.4 Å². The van der Waals surface area contributed by atoms with Gasteiger partial charge in [-0.05, 0) is 29.9 Å². The number of hydrogen-bond acceptors (Lipinski definition) is 2. The molecule has 1 saturated heterocycles. The summed E-state index contributed by atoms with van der Waals surface area (Å²) in [7, 11) is 0. The number of benzene rings is 1. The average molecular weight is 331 g/mol. The van der Waals surface area contributed by atoms with Gasteiger partial charge in [-0.25, -0.2) is 8.78 Å². The van der Waals surface area contributed by atoms with Crippen molar-refractivity contribution in [2.45, 2.75) is 50.1 Å². The Morgan fingerprint density at radius 3 is 2.59 bits per heavy atom. The zero-order valence-corrected chi connectivity index (χ0v) is 13.3. The first-order chi connectivity index (χ1) is 9.96. The number of halogens is 3. The summed E-state index contributed by atoms with van der Waals surface area (Å²) < 4.78 is 26.4. The summed E-state index contributed by atoms with van der Waals surface area (Å²) in [5.74, 6) is -2.62. The Hall–Kier alpha value is -1.20. The molecule has 3 rings (SSSR count). The molecule has 0 spiro atoms. The molecule has 6 heteroatoms. The minimum absolute atomic E-state index is 0. The third kappa shape index (κ3) is 3.41. The number of alkyl halides is 2. The SMILES string of the molecule is CC1CCC(NC(=O)C2CC(F)(F)CN2)c2ccccc21.Cl. The van der Waals surface area contributed by atoms with E-state index in [1.54, 1.807) is 0 Å². The molecular formula is C16H21ClF2N2O. The van der Waals surface area contributed by atoms with E-state index in [1.807, 2.05) is 18.2 Å². The lowest BCUT2D eigenvalue weighted by molar-refractivity contribution is -0.124. The van der Waals surface area contributed by atoms with Gasteiger partial charge < -0.3 is 5.32 Å². The van der Waals surface area contributed by atoms with Crippen LogP contribution in [0.4, 0.5) is 8.78 Å². The number of amides is 1. The molecule has 0 radical (unpaired) electrons. The highest BCUT2D eigenvalue weighted by Crippen LogP contribution is 2.37. The van der Waals surface area contributed by atoms with Crippen LogP contribution in [0.15, 0.2) is 24.3 Å². The highest BCUT2D eigenvalue weighted by Gasteiger charge is 2.42. The van der Waals surface area contributed by atoms with E-state index < -0.39 is 24.9 Å². The maximum atomic E-state index is 13.2. The highest BCUT2D eigenvalue weighted by molar-refractivity contribution is 5.85. The van der Waals surface area contributed by atoms with Crippen molar-refractivity contribution in [3.8, 4) is 0 Å². The van der Waals surface area contributed by atoms with Crippen LogP contribution in [0, 0.1) is 0 Å². The Morgan fingerprint density at radius 2 is 1.95 bits per heavy atom. The van der Waals surface area contributed by atoms with E-state index in [1.165, 1.54) is 5.56 Å². The standard InChI is InChI=1S/C16H20F2N2O.ClH/c1-10-6-7-13(12-5-3-2-4-11(10)12)20-15(21)14-8-16(17,18)9-19-14;/h2-5,10,13-14,19H,6-9H2,1H3,(H,20,21);1H. The molecule has 3 unspecified atom stereocenters. The van der Waals surface area contributed by atoms with Gasteiger partial charge in [0, 0.05) is 6.42 Å². The van der Waals surface area contributed by atoms with Gasteiger partial charge in [0.2, 0.25) is 5.91 Å². The van der Waals surface area contributed by atoms with Crippen LogP contribution in [0.1, 0.15) is 49.3 Å². The van der Waals surface area contributed by atoms with Crippen LogP contribution in [0.2, 0.25) is 0 Å². The summed E-state index contributed by atoms with van der Waals surface area (Å²) in [6.45, 7) is 1.76. The molecule has 2 N–H and O–H groups in total. The fourth-order valence-corrected chi connectivity index (χ4v) is 3.33. The van der Waals surface area contributed by atoms with Gasteiger partial charge in [0.15, 0.2) is 0 Å². The molecule has 1 aromatic rings. The van der Waals surface area contributed by atoms with Gasteiger partial charge in [-0.1, -0.05) is 31.2 Å². The smallest absolute Gasteiger partial charge is 0.262 e. The summed E-state index contributed by atoms with van der Waals surface area (Å²) in [6, 6.07) is 7.20. The summed E-state index contributed by atoms with van der Waals surface area (Å²) in [6.07, 6.45) is 1.44. The van der Waals surface area contributed by atoms with Crippen LogP contribution in [-0.2, 0) is 4.79 Å². The Bertz CT molecular complexity index is 553. The molecule has 0 aromatic heterocycles. The van der Waals surface area contributed by atoms with E-state index in [9.17, 15) is 13.6 Å². The Labute approximate surface area is 135 Å². The van der Waals surface area contributed by atoms with Gasteiger partial charge in [0.1, 0.15) is 0 Å². The fraction of sp³-hybridized carbons (Fsp3) is 0.562. The second-order valence-corrected chi connectivity index (χ2v) is 6.16. The second-order valence-electron chi connectivity index (χ2n) is 6.16. The molecule has 3 nitrogen and oxygen atoms in total. The normalized spacial score (nSPS) is 29.3. The number of hydrogen-bond donors (Lipinski definition) is 2. The van der Waals surface area contributed by atoms with Crippen LogP contribution < -0.4 is 10.6 Å². The van der Waals surface area contributed by atoms with Gasteiger partial charge in [0.25, 0.3) is 5.92 Å². The zero-order valence-electron chi connectivity index (χ0n) is 12.4. The maximum Gasteiger partial charge on any atom is 0.262 e. The van der Waals surface area contributed by atoms with E-state index in [2.05, 4.69) is 23.6 Å². The predicted molar refractivity (Wildman–Crippen MR) is 83.6 cm³/mol. The quantitative estimate of drug-likeness (QED) is 0.874. The molecule has 3 atom stereocenters. The lowest BCUT2D eigenvalue weighted by Gasteiger charge is -2.31. The van der Waals surface area contributed by atoms with Crippen LogP contribution >= 0.6 is 12.4 Å². The van der Waals surface area contributed by atoms with E-state index >= 15 is 0 Å².